The van der Waals surface area contributed by atoms with Crippen molar-refractivity contribution in [2.75, 3.05) is 36.4 Å². The van der Waals surface area contributed by atoms with E-state index in [1.807, 2.05) is 0 Å². The molecule has 0 saturated carbocycles. The number of fused-ring (bicyclic) bond motifs is 1. The van der Waals surface area contributed by atoms with Crippen molar-refractivity contribution < 1.29 is 0 Å². The summed E-state index contributed by atoms with van der Waals surface area (Å²) >= 11 is 1.56. The van der Waals surface area contributed by atoms with Gasteiger partial charge in [0.15, 0.2) is 0 Å². The average molecular weight is 367 g/mol. The maximum atomic E-state index is 4.51. The summed E-state index contributed by atoms with van der Waals surface area (Å²) in [6.07, 6.45) is 3.74. The Kier molecular flexibility index (Phi) is 5.67. The molecule has 5 heteroatoms. The van der Waals surface area contributed by atoms with Gasteiger partial charge in [-0.05, 0) is 67.2 Å². The molecule has 1 aliphatic rings. The molecular formula is C21H26N4S. The van der Waals surface area contributed by atoms with Crippen LogP contribution in [0.2, 0.25) is 0 Å². The zero-order valence-electron chi connectivity index (χ0n) is 15.1. The van der Waals surface area contributed by atoms with Crippen molar-refractivity contribution in [2.24, 2.45) is 0 Å². The summed E-state index contributed by atoms with van der Waals surface area (Å²) in [7, 11) is 0. The molecule has 0 atom stereocenters. The number of aromatic nitrogens is 1. The van der Waals surface area contributed by atoms with Gasteiger partial charge in [0, 0.05) is 37.3 Å². The smallest absolute Gasteiger partial charge is 0.147 e. The van der Waals surface area contributed by atoms with Gasteiger partial charge >= 0.3 is 0 Å². The molecule has 26 heavy (non-hydrogen) atoms. The Bertz CT molecular complexity index is 821. The van der Waals surface area contributed by atoms with Gasteiger partial charge < -0.3 is 15.5 Å². The molecule has 0 unspecified atom stereocenters. The summed E-state index contributed by atoms with van der Waals surface area (Å²) in [5, 5.41) is 8.22. The summed E-state index contributed by atoms with van der Waals surface area (Å²) in [6, 6.07) is 17.4. The van der Waals surface area contributed by atoms with Gasteiger partial charge in [0.2, 0.25) is 0 Å². The quantitative estimate of drug-likeness (QED) is 0.576. The van der Waals surface area contributed by atoms with Crippen LogP contribution in [0.3, 0.4) is 0 Å². The van der Waals surface area contributed by atoms with Crippen LogP contribution in [0.1, 0.15) is 24.8 Å². The summed E-state index contributed by atoms with van der Waals surface area (Å²) in [6.45, 7) is 5.29. The molecule has 4 rings (SSSR count). The van der Waals surface area contributed by atoms with E-state index in [4.69, 9.17) is 0 Å². The van der Waals surface area contributed by atoms with Crippen LogP contribution >= 0.6 is 11.5 Å². The fraction of sp³-hybridized carbons (Fsp3) is 0.381. The van der Waals surface area contributed by atoms with Crippen molar-refractivity contribution in [2.45, 2.75) is 25.8 Å². The summed E-state index contributed by atoms with van der Waals surface area (Å²) in [4.78, 5) is 2.48. The van der Waals surface area contributed by atoms with Crippen LogP contribution in [-0.2, 0) is 6.54 Å². The molecular weight excluding hydrogens is 340 g/mol. The van der Waals surface area contributed by atoms with Gasteiger partial charge in [0.25, 0.3) is 0 Å². The normalized spacial score (nSPS) is 14.2. The Morgan fingerprint density at radius 2 is 1.77 bits per heavy atom. The predicted molar refractivity (Wildman–Crippen MR) is 112 cm³/mol. The van der Waals surface area contributed by atoms with Crippen molar-refractivity contribution in [1.82, 2.24) is 9.69 Å². The first-order chi connectivity index (χ1) is 12.9. The first-order valence-electron chi connectivity index (χ1n) is 9.53. The minimum absolute atomic E-state index is 0.930. The fourth-order valence-corrected chi connectivity index (χ4v) is 4.22. The van der Waals surface area contributed by atoms with E-state index >= 15 is 0 Å². The largest absolute Gasteiger partial charge is 0.372 e. The van der Waals surface area contributed by atoms with E-state index in [1.54, 1.807) is 11.5 Å². The fourth-order valence-electron chi connectivity index (χ4n) is 3.47. The molecule has 1 fully saturated rings. The van der Waals surface area contributed by atoms with Gasteiger partial charge in [-0.25, -0.2) is 0 Å². The monoisotopic (exact) mass is 366 g/mol. The number of anilines is 2. The third-order valence-electron chi connectivity index (χ3n) is 4.94. The van der Waals surface area contributed by atoms with Crippen LogP contribution in [0.25, 0.3) is 10.1 Å². The molecule has 1 saturated heterocycles. The van der Waals surface area contributed by atoms with Crippen LogP contribution in [0, 0.1) is 0 Å². The lowest BCUT2D eigenvalue weighted by Crippen LogP contribution is -2.19. The van der Waals surface area contributed by atoms with E-state index in [9.17, 15) is 0 Å². The maximum Gasteiger partial charge on any atom is 0.147 e. The molecule has 3 aromatic rings. The number of hydrogen-bond acceptors (Lipinski definition) is 5. The second-order valence-electron chi connectivity index (χ2n) is 6.85. The van der Waals surface area contributed by atoms with Crippen molar-refractivity contribution in [3.05, 3.63) is 54.1 Å². The topological polar surface area (TPSA) is 40.2 Å². The minimum Gasteiger partial charge on any atom is -0.372 e. The summed E-state index contributed by atoms with van der Waals surface area (Å²) in [5.74, 6) is 1.02. The summed E-state index contributed by atoms with van der Waals surface area (Å²) in [5.41, 5.74) is 2.72. The molecule has 0 radical (unpaired) electrons. The third-order valence-corrected chi connectivity index (χ3v) is 5.76. The van der Waals surface area contributed by atoms with Gasteiger partial charge in [-0.1, -0.05) is 24.3 Å². The highest BCUT2D eigenvalue weighted by Gasteiger charge is 2.11. The molecule has 0 spiro atoms. The third kappa shape index (κ3) is 4.17. The van der Waals surface area contributed by atoms with Crippen LogP contribution in [0.15, 0.2) is 48.5 Å². The number of benzene rings is 2. The Balaban J connectivity index is 1.16. The molecule has 1 aliphatic heterocycles. The zero-order valence-corrected chi connectivity index (χ0v) is 15.9. The number of nitrogens with zero attached hydrogens (tertiary/aromatic N) is 2. The lowest BCUT2D eigenvalue weighted by Gasteiger charge is -2.17. The Hall–Kier alpha value is -2.11. The van der Waals surface area contributed by atoms with Crippen molar-refractivity contribution >= 4 is 33.1 Å². The van der Waals surface area contributed by atoms with Gasteiger partial charge in [-0.3, -0.25) is 0 Å². The molecule has 0 bridgehead atoms. The molecule has 2 aromatic carbocycles. The highest BCUT2D eigenvalue weighted by Crippen LogP contribution is 2.26. The minimum atomic E-state index is 0.930. The van der Waals surface area contributed by atoms with E-state index in [0.717, 1.165) is 31.9 Å². The van der Waals surface area contributed by atoms with Crippen LogP contribution in [0.5, 0.6) is 0 Å². The summed E-state index contributed by atoms with van der Waals surface area (Å²) < 4.78 is 5.75. The van der Waals surface area contributed by atoms with Crippen LogP contribution < -0.4 is 15.5 Å². The van der Waals surface area contributed by atoms with Crippen LogP contribution in [0.4, 0.5) is 11.5 Å². The highest BCUT2D eigenvalue weighted by molar-refractivity contribution is 7.13. The molecule has 2 N–H and O–H groups in total. The van der Waals surface area contributed by atoms with Gasteiger partial charge in [0.05, 0.1) is 4.70 Å². The van der Waals surface area contributed by atoms with Gasteiger partial charge in [-0.2, -0.15) is 4.37 Å². The van der Waals surface area contributed by atoms with E-state index in [1.165, 1.54) is 47.3 Å². The van der Waals surface area contributed by atoms with E-state index in [0.29, 0.717) is 0 Å². The highest BCUT2D eigenvalue weighted by atomic mass is 32.1. The predicted octanol–water partition coefficient (Wildman–Crippen LogP) is 4.49. The number of nitrogens with one attached hydrogen (secondary N) is 2. The average Bonchev–Trinajstić information content (AvgIpc) is 3.35. The molecule has 136 valence electrons. The standard InChI is InChI=1S/C21H26N4S/c1-2-7-20-19(6-1)21(24-26-20)23-13-5-12-22-16-17-8-10-18(11-9-17)25-14-3-4-15-25/h1-2,6-11,22H,3-5,12-16H2,(H,23,24). The SMILES string of the molecule is c1ccc2c(NCCCNCc3ccc(N4CCCC4)cc3)nsc2c1. The zero-order chi connectivity index (χ0) is 17.6. The molecule has 1 aromatic heterocycles. The van der Waals surface area contributed by atoms with Gasteiger partial charge in [-0.15, -0.1) is 0 Å². The Morgan fingerprint density at radius 1 is 0.962 bits per heavy atom. The Labute approximate surface area is 159 Å². The molecule has 4 nitrogen and oxygen atoms in total. The lowest BCUT2D eigenvalue weighted by atomic mass is 10.2. The van der Waals surface area contributed by atoms with E-state index in [2.05, 4.69) is 68.4 Å². The first-order valence-corrected chi connectivity index (χ1v) is 10.3. The van der Waals surface area contributed by atoms with Crippen molar-refractivity contribution in [3.63, 3.8) is 0 Å². The van der Waals surface area contributed by atoms with Crippen LogP contribution in [-0.4, -0.2) is 30.6 Å². The van der Waals surface area contributed by atoms with E-state index in [-0.39, 0.29) is 0 Å². The van der Waals surface area contributed by atoms with E-state index < -0.39 is 0 Å². The first kappa shape index (κ1) is 17.3. The molecule has 2 heterocycles. The van der Waals surface area contributed by atoms with Gasteiger partial charge in [0.1, 0.15) is 5.82 Å². The number of hydrogen-bond donors (Lipinski definition) is 2. The van der Waals surface area contributed by atoms with Crippen molar-refractivity contribution in [1.29, 1.82) is 0 Å². The van der Waals surface area contributed by atoms with Crippen molar-refractivity contribution in [3.8, 4) is 0 Å². The second kappa shape index (κ2) is 8.52. The molecule has 0 aliphatic carbocycles. The maximum absolute atomic E-state index is 4.51. The second-order valence-corrected chi connectivity index (χ2v) is 7.65. The number of rotatable bonds is 8. The Morgan fingerprint density at radius 3 is 2.62 bits per heavy atom. The molecule has 0 amide bonds. The lowest BCUT2D eigenvalue weighted by molar-refractivity contribution is 0.663.